The van der Waals surface area contributed by atoms with Gasteiger partial charge in [0.1, 0.15) is 11.2 Å². The van der Waals surface area contributed by atoms with E-state index in [1.807, 2.05) is 0 Å². The lowest BCUT2D eigenvalue weighted by atomic mass is 9.69. The summed E-state index contributed by atoms with van der Waals surface area (Å²) in [6.45, 7) is 6.89. The molecule has 0 saturated heterocycles. The maximum absolute atomic E-state index is 13.1. The number of carbonyl (C=O) groups is 1. The number of nitro benzene ring substituents is 1. The first-order chi connectivity index (χ1) is 14.8. The van der Waals surface area contributed by atoms with Gasteiger partial charge in [-0.3, -0.25) is 14.9 Å². The van der Waals surface area contributed by atoms with E-state index in [2.05, 4.69) is 31.4 Å². The summed E-state index contributed by atoms with van der Waals surface area (Å²) in [5.41, 5.74) is 2.33. The van der Waals surface area contributed by atoms with Crippen molar-refractivity contribution in [2.75, 3.05) is 12.1 Å². The minimum absolute atomic E-state index is 0.0253. The number of hydrogen-bond acceptors (Lipinski definition) is 7. The van der Waals surface area contributed by atoms with E-state index in [0.29, 0.717) is 28.5 Å². The zero-order valence-electron chi connectivity index (χ0n) is 17.7. The highest BCUT2D eigenvalue weighted by atomic mass is 32.1. The van der Waals surface area contributed by atoms with Gasteiger partial charge in [0.05, 0.1) is 22.1 Å². The zero-order chi connectivity index (χ0) is 21.9. The van der Waals surface area contributed by atoms with Crippen LogP contribution >= 0.6 is 11.3 Å². The normalized spacial score (nSPS) is 21.7. The summed E-state index contributed by atoms with van der Waals surface area (Å²) in [5, 5.41) is 18.7. The Balaban J connectivity index is 1.49. The van der Waals surface area contributed by atoms with Crippen LogP contribution in [-0.4, -0.2) is 17.6 Å². The van der Waals surface area contributed by atoms with Gasteiger partial charge in [-0.2, -0.15) is 0 Å². The third-order valence-corrected chi connectivity index (χ3v) is 8.27. The van der Waals surface area contributed by atoms with Crippen molar-refractivity contribution in [3.63, 3.8) is 0 Å². The SMILES string of the molecule is CCC(C)(C)[C@H]1CCc2c(sc3c2C(=O)N[C@H](c2cc4c(cc2[N+](=O)[O-])OCO4)N3)C1. The Morgan fingerprint density at radius 3 is 2.71 bits per heavy atom. The van der Waals surface area contributed by atoms with Crippen molar-refractivity contribution in [3.8, 4) is 11.5 Å². The van der Waals surface area contributed by atoms with Crippen LogP contribution in [0.5, 0.6) is 11.5 Å². The number of carbonyl (C=O) groups excluding carboxylic acids is 1. The van der Waals surface area contributed by atoms with Crippen molar-refractivity contribution in [2.24, 2.45) is 11.3 Å². The predicted molar refractivity (Wildman–Crippen MR) is 117 cm³/mol. The fourth-order valence-electron chi connectivity index (χ4n) is 4.75. The Labute approximate surface area is 184 Å². The molecule has 31 heavy (non-hydrogen) atoms. The zero-order valence-corrected chi connectivity index (χ0v) is 18.6. The Morgan fingerprint density at radius 2 is 2.00 bits per heavy atom. The van der Waals surface area contributed by atoms with Crippen LogP contribution in [0, 0.1) is 21.4 Å². The molecule has 0 radical (unpaired) electrons. The molecule has 1 amide bonds. The number of thiophene rings is 1. The van der Waals surface area contributed by atoms with Crippen LogP contribution < -0.4 is 20.1 Å². The molecule has 0 saturated carbocycles. The van der Waals surface area contributed by atoms with Crippen LogP contribution in [0.3, 0.4) is 0 Å². The van der Waals surface area contributed by atoms with E-state index in [0.717, 1.165) is 36.2 Å². The molecule has 0 spiro atoms. The molecule has 8 nitrogen and oxygen atoms in total. The molecule has 1 aromatic heterocycles. The molecule has 0 unspecified atom stereocenters. The number of rotatable bonds is 4. The quantitative estimate of drug-likeness (QED) is 0.521. The van der Waals surface area contributed by atoms with E-state index >= 15 is 0 Å². The lowest BCUT2D eigenvalue weighted by Crippen LogP contribution is -2.38. The summed E-state index contributed by atoms with van der Waals surface area (Å²) in [6, 6.07) is 2.94. The molecule has 1 aromatic carbocycles. The van der Waals surface area contributed by atoms with Crippen molar-refractivity contribution in [2.45, 2.75) is 52.6 Å². The molecule has 2 aliphatic heterocycles. The topological polar surface area (TPSA) is 103 Å². The molecular formula is C22H25N3O5S. The van der Waals surface area contributed by atoms with Gasteiger partial charge in [-0.05, 0) is 42.2 Å². The molecule has 2 N–H and O–H groups in total. The summed E-state index contributed by atoms with van der Waals surface area (Å²) in [6.07, 6.45) is 3.34. The van der Waals surface area contributed by atoms with E-state index in [4.69, 9.17) is 9.47 Å². The Bertz CT molecular complexity index is 1090. The number of benzene rings is 1. The molecule has 3 aliphatic rings. The summed E-state index contributed by atoms with van der Waals surface area (Å²) in [7, 11) is 0. The maximum atomic E-state index is 13.1. The van der Waals surface area contributed by atoms with E-state index < -0.39 is 11.1 Å². The number of ether oxygens (including phenoxy) is 2. The predicted octanol–water partition coefficient (Wildman–Crippen LogP) is 4.78. The monoisotopic (exact) mass is 443 g/mol. The molecule has 9 heteroatoms. The second-order valence-corrected chi connectivity index (χ2v) is 10.2. The summed E-state index contributed by atoms with van der Waals surface area (Å²) >= 11 is 1.61. The van der Waals surface area contributed by atoms with E-state index in [1.54, 1.807) is 17.4 Å². The minimum atomic E-state index is -0.710. The Hall–Kier alpha value is -2.81. The lowest BCUT2D eigenvalue weighted by molar-refractivity contribution is -0.385. The van der Waals surface area contributed by atoms with Gasteiger partial charge in [0.15, 0.2) is 11.5 Å². The first-order valence-electron chi connectivity index (χ1n) is 10.6. The molecule has 0 bridgehead atoms. The number of amides is 1. The number of hydrogen-bond donors (Lipinski definition) is 2. The van der Waals surface area contributed by atoms with Crippen molar-refractivity contribution in [1.29, 1.82) is 0 Å². The number of fused-ring (bicyclic) bond motifs is 4. The van der Waals surface area contributed by atoms with Crippen LogP contribution in [0.2, 0.25) is 0 Å². The standard InChI is InChI=1S/C22H25N3O5S/c1-4-22(2,3)11-5-6-12-17(7-11)31-21-18(12)20(26)23-19(24-21)13-8-15-16(30-10-29-15)9-14(13)25(27)28/h8-9,11,19,24H,4-7,10H2,1-3H3,(H,23,26)/t11-,19-/m0/s1. The van der Waals surface area contributed by atoms with Crippen LogP contribution in [-0.2, 0) is 12.8 Å². The van der Waals surface area contributed by atoms with Gasteiger partial charge in [0, 0.05) is 4.88 Å². The molecule has 3 heterocycles. The van der Waals surface area contributed by atoms with E-state index in [-0.39, 0.29) is 23.8 Å². The molecule has 1 aliphatic carbocycles. The number of nitrogens with one attached hydrogen (secondary N) is 2. The van der Waals surface area contributed by atoms with Crippen molar-refractivity contribution in [1.82, 2.24) is 5.32 Å². The minimum Gasteiger partial charge on any atom is -0.454 e. The van der Waals surface area contributed by atoms with Gasteiger partial charge < -0.3 is 20.1 Å². The molecule has 2 atom stereocenters. The molecule has 5 rings (SSSR count). The van der Waals surface area contributed by atoms with Gasteiger partial charge >= 0.3 is 0 Å². The van der Waals surface area contributed by atoms with Crippen LogP contribution in [0.25, 0.3) is 0 Å². The number of anilines is 1. The Morgan fingerprint density at radius 1 is 1.26 bits per heavy atom. The fourth-order valence-corrected chi connectivity index (χ4v) is 6.10. The van der Waals surface area contributed by atoms with Crippen LogP contribution in [0.15, 0.2) is 12.1 Å². The molecule has 2 aromatic rings. The lowest BCUT2D eigenvalue weighted by Gasteiger charge is -2.36. The summed E-state index contributed by atoms with van der Waals surface area (Å²) in [4.78, 5) is 25.6. The van der Waals surface area contributed by atoms with Gasteiger partial charge in [-0.25, -0.2) is 0 Å². The highest BCUT2D eigenvalue weighted by Crippen LogP contribution is 2.48. The second-order valence-electron chi connectivity index (χ2n) is 9.06. The third-order valence-electron chi connectivity index (χ3n) is 7.09. The largest absolute Gasteiger partial charge is 0.454 e. The average molecular weight is 444 g/mol. The highest BCUT2D eigenvalue weighted by molar-refractivity contribution is 7.16. The van der Waals surface area contributed by atoms with Gasteiger partial charge in [0.2, 0.25) is 6.79 Å². The first-order valence-corrected chi connectivity index (χ1v) is 11.4. The van der Waals surface area contributed by atoms with E-state index in [1.165, 1.54) is 10.9 Å². The summed E-state index contributed by atoms with van der Waals surface area (Å²) in [5.74, 6) is 1.18. The average Bonchev–Trinajstić information content (AvgIpc) is 3.35. The van der Waals surface area contributed by atoms with Gasteiger partial charge in [-0.1, -0.05) is 27.2 Å². The molecule has 164 valence electrons. The number of nitrogens with zero attached hydrogens (tertiary/aromatic N) is 1. The second kappa shape index (κ2) is 7.12. The maximum Gasteiger partial charge on any atom is 0.280 e. The Kier molecular flexibility index (Phi) is 4.62. The van der Waals surface area contributed by atoms with E-state index in [9.17, 15) is 14.9 Å². The van der Waals surface area contributed by atoms with Gasteiger partial charge in [0.25, 0.3) is 11.6 Å². The smallest absolute Gasteiger partial charge is 0.280 e. The molecule has 0 fully saturated rings. The highest BCUT2D eigenvalue weighted by Gasteiger charge is 2.39. The number of nitro groups is 1. The van der Waals surface area contributed by atoms with Crippen molar-refractivity contribution >= 4 is 27.9 Å². The third kappa shape index (κ3) is 3.22. The van der Waals surface area contributed by atoms with Gasteiger partial charge in [-0.15, -0.1) is 11.3 Å². The first kappa shape index (κ1) is 20.1. The van der Waals surface area contributed by atoms with Crippen LogP contribution in [0.1, 0.15) is 66.1 Å². The van der Waals surface area contributed by atoms with Crippen molar-refractivity contribution < 1.29 is 19.2 Å². The summed E-state index contributed by atoms with van der Waals surface area (Å²) < 4.78 is 10.7. The van der Waals surface area contributed by atoms with Crippen LogP contribution in [0.4, 0.5) is 10.7 Å². The van der Waals surface area contributed by atoms with Crippen molar-refractivity contribution in [3.05, 3.63) is 43.8 Å². The fraction of sp³-hybridized carbons (Fsp3) is 0.500. The molecular weight excluding hydrogens is 418 g/mol.